The first-order valence-corrected chi connectivity index (χ1v) is 11.1. The normalized spacial score (nSPS) is 12.2. The highest BCUT2D eigenvalue weighted by Crippen LogP contribution is 2.22. The molecule has 0 spiro atoms. The molecule has 0 aliphatic carbocycles. The van der Waals surface area contributed by atoms with Crippen LogP contribution in [0.3, 0.4) is 0 Å². The van der Waals surface area contributed by atoms with Gasteiger partial charge >= 0.3 is 0 Å². The molecule has 2 aromatic carbocycles. The van der Waals surface area contributed by atoms with E-state index in [1.54, 1.807) is 13.1 Å². The third-order valence-electron chi connectivity index (χ3n) is 4.53. The minimum absolute atomic E-state index is 0. The maximum Gasteiger partial charge on any atom is 0.213 e. The van der Waals surface area contributed by atoms with Crippen LogP contribution in [-0.2, 0) is 22.0 Å². The van der Waals surface area contributed by atoms with Crippen LogP contribution in [0, 0.1) is 5.82 Å². The Morgan fingerprint density at radius 3 is 2.40 bits per heavy atom. The zero-order chi connectivity index (χ0) is 21.3. The number of benzene rings is 2. The molecule has 6 nitrogen and oxygen atoms in total. The van der Waals surface area contributed by atoms with Crippen molar-refractivity contribution in [3.05, 3.63) is 71.5 Å². The quantitative estimate of drug-likeness (QED) is 0.256. The molecule has 0 aromatic heterocycles. The Kier molecular flexibility index (Phi) is 10.7. The lowest BCUT2D eigenvalue weighted by atomic mass is 9.84. The Balaban J connectivity index is 0.00000450. The summed E-state index contributed by atoms with van der Waals surface area (Å²) < 4.78 is 40.4. The number of sulfonamides is 1. The highest BCUT2D eigenvalue weighted by atomic mass is 127. The number of hydrogen-bond donors (Lipinski definition) is 3. The predicted octanol–water partition coefficient (Wildman–Crippen LogP) is 3.01. The Morgan fingerprint density at radius 1 is 1.07 bits per heavy atom. The maximum atomic E-state index is 13.5. The molecule has 0 fully saturated rings. The topological polar surface area (TPSA) is 82.6 Å². The fraction of sp³-hybridized carbons (Fsp3) is 0.381. The third kappa shape index (κ3) is 8.97. The number of hydrogen-bond acceptors (Lipinski definition) is 3. The molecule has 166 valence electrons. The average Bonchev–Trinajstić information content (AvgIpc) is 2.70. The molecule has 30 heavy (non-hydrogen) atoms. The van der Waals surface area contributed by atoms with E-state index in [1.807, 2.05) is 50.2 Å². The number of halogens is 2. The van der Waals surface area contributed by atoms with Gasteiger partial charge in [-0.15, -0.1) is 24.0 Å². The Hall–Kier alpha value is -1.72. The molecular weight excluding hydrogens is 518 g/mol. The SMILES string of the molecule is CN=C(NCCS(=O)(=O)NCc1ccccc1)NCC(C)(C)c1cccc(F)c1.I. The van der Waals surface area contributed by atoms with E-state index in [9.17, 15) is 12.8 Å². The summed E-state index contributed by atoms with van der Waals surface area (Å²) in [7, 11) is -1.79. The summed E-state index contributed by atoms with van der Waals surface area (Å²) in [5.41, 5.74) is 1.44. The smallest absolute Gasteiger partial charge is 0.213 e. The van der Waals surface area contributed by atoms with Gasteiger partial charge in [0.05, 0.1) is 5.75 Å². The number of nitrogens with one attached hydrogen (secondary N) is 3. The lowest BCUT2D eigenvalue weighted by molar-refractivity contribution is 0.503. The molecule has 0 aliphatic rings. The third-order valence-corrected chi connectivity index (χ3v) is 5.86. The summed E-state index contributed by atoms with van der Waals surface area (Å²) >= 11 is 0. The van der Waals surface area contributed by atoms with Crippen molar-refractivity contribution < 1.29 is 12.8 Å². The van der Waals surface area contributed by atoms with Gasteiger partial charge in [0.15, 0.2) is 5.96 Å². The van der Waals surface area contributed by atoms with Gasteiger partial charge in [0, 0.05) is 32.1 Å². The molecular formula is C21H30FIN4O2S. The van der Waals surface area contributed by atoms with Gasteiger partial charge in [0.2, 0.25) is 10.0 Å². The van der Waals surface area contributed by atoms with Crippen molar-refractivity contribution in [2.24, 2.45) is 4.99 Å². The molecule has 0 unspecified atom stereocenters. The second kappa shape index (κ2) is 12.2. The molecule has 3 N–H and O–H groups in total. The fourth-order valence-electron chi connectivity index (χ4n) is 2.70. The molecule has 0 atom stereocenters. The van der Waals surface area contributed by atoms with Gasteiger partial charge in [-0.3, -0.25) is 4.99 Å². The van der Waals surface area contributed by atoms with Gasteiger partial charge in [-0.25, -0.2) is 17.5 Å². The van der Waals surface area contributed by atoms with Crippen LogP contribution in [0.15, 0.2) is 59.6 Å². The van der Waals surface area contributed by atoms with Crippen molar-refractivity contribution >= 4 is 40.0 Å². The van der Waals surface area contributed by atoms with Crippen LogP contribution in [0.5, 0.6) is 0 Å². The highest BCUT2D eigenvalue weighted by molar-refractivity contribution is 14.0. The van der Waals surface area contributed by atoms with Crippen LogP contribution >= 0.6 is 24.0 Å². The first kappa shape index (κ1) is 26.3. The first-order valence-electron chi connectivity index (χ1n) is 9.44. The Labute approximate surface area is 195 Å². The Bertz CT molecular complexity index is 922. The minimum atomic E-state index is -3.41. The molecule has 0 bridgehead atoms. The summed E-state index contributed by atoms with van der Waals surface area (Å²) in [4.78, 5) is 4.12. The number of rotatable bonds is 9. The molecule has 9 heteroatoms. The van der Waals surface area contributed by atoms with E-state index in [0.29, 0.717) is 12.5 Å². The van der Waals surface area contributed by atoms with Crippen molar-refractivity contribution in [3.63, 3.8) is 0 Å². The number of aliphatic imine (C=N–C) groups is 1. The van der Waals surface area contributed by atoms with Crippen molar-refractivity contribution in [1.29, 1.82) is 0 Å². The van der Waals surface area contributed by atoms with E-state index >= 15 is 0 Å². The van der Waals surface area contributed by atoms with Gasteiger partial charge in [-0.05, 0) is 23.3 Å². The maximum absolute atomic E-state index is 13.5. The van der Waals surface area contributed by atoms with E-state index in [-0.39, 0.29) is 54.1 Å². The molecule has 2 aromatic rings. The van der Waals surface area contributed by atoms with Gasteiger partial charge in [-0.2, -0.15) is 0 Å². The molecule has 0 radical (unpaired) electrons. The summed E-state index contributed by atoms with van der Waals surface area (Å²) in [5, 5.41) is 6.18. The van der Waals surface area contributed by atoms with Crippen LogP contribution in [0.25, 0.3) is 0 Å². The van der Waals surface area contributed by atoms with Gasteiger partial charge in [0.1, 0.15) is 5.82 Å². The Morgan fingerprint density at radius 2 is 1.77 bits per heavy atom. The van der Waals surface area contributed by atoms with Gasteiger partial charge in [-0.1, -0.05) is 56.3 Å². The largest absolute Gasteiger partial charge is 0.356 e. The molecule has 0 saturated carbocycles. The molecule has 0 heterocycles. The van der Waals surface area contributed by atoms with Gasteiger partial charge < -0.3 is 10.6 Å². The first-order chi connectivity index (χ1) is 13.7. The summed E-state index contributed by atoms with van der Waals surface area (Å²) in [6.45, 7) is 4.98. The molecule has 0 saturated heterocycles. The van der Waals surface area contributed by atoms with E-state index in [1.165, 1.54) is 12.1 Å². The molecule has 2 rings (SSSR count). The predicted molar refractivity (Wildman–Crippen MR) is 131 cm³/mol. The van der Waals surface area contributed by atoms with Crippen LogP contribution in [-0.4, -0.2) is 40.3 Å². The molecule has 0 amide bonds. The van der Waals surface area contributed by atoms with E-state index in [4.69, 9.17) is 0 Å². The van der Waals surface area contributed by atoms with Crippen molar-refractivity contribution in [2.45, 2.75) is 25.8 Å². The zero-order valence-electron chi connectivity index (χ0n) is 17.5. The van der Waals surface area contributed by atoms with Crippen LogP contribution < -0.4 is 15.4 Å². The minimum Gasteiger partial charge on any atom is -0.356 e. The van der Waals surface area contributed by atoms with Crippen molar-refractivity contribution in [3.8, 4) is 0 Å². The van der Waals surface area contributed by atoms with Crippen molar-refractivity contribution in [1.82, 2.24) is 15.4 Å². The highest BCUT2D eigenvalue weighted by Gasteiger charge is 2.21. The molecule has 0 aliphatic heterocycles. The number of nitrogens with zero attached hydrogens (tertiary/aromatic N) is 1. The van der Waals surface area contributed by atoms with Crippen LogP contribution in [0.4, 0.5) is 4.39 Å². The van der Waals surface area contributed by atoms with E-state index in [0.717, 1.165) is 11.1 Å². The summed E-state index contributed by atoms with van der Waals surface area (Å²) in [6.07, 6.45) is 0. The van der Waals surface area contributed by atoms with Crippen LogP contribution in [0.1, 0.15) is 25.0 Å². The van der Waals surface area contributed by atoms with E-state index in [2.05, 4.69) is 20.3 Å². The second-order valence-electron chi connectivity index (χ2n) is 7.37. The lowest BCUT2D eigenvalue weighted by Gasteiger charge is -2.26. The lowest BCUT2D eigenvalue weighted by Crippen LogP contribution is -2.45. The van der Waals surface area contributed by atoms with Crippen LogP contribution in [0.2, 0.25) is 0 Å². The van der Waals surface area contributed by atoms with Crippen molar-refractivity contribution in [2.75, 3.05) is 25.9 Å². The van der Waals surface area contributed by atoms with Gasteiger partial charge in [0.25, 0.3) is 0 Å². The second-order valence-corrected chi connectivity index (χ2v) is 9.30. The standard InChI is InChI=1S/C21H29FN4O2S.HI/c1-21(2,18-10-7-11-19(22)14-18)16-25-20(23-3)24-12-13-29(27,28)26-15-17-8-5-4-6-9-17;/h4-11,14,26H,12-13,15-16H2,1-3H3,(H2,23,24,25);1H. The summed E-state index contributed by atoms with van der Waals surface area (Å²) in [5.74, 6) is 0.146. The average molecular weight is 548 g/mol. The zero-order valence-corrected chi connectivity index (χ0v) is 20.6. The number of guanidine groups is 1. The monoisotopic (exact) mass is 548 g/mol. The summed E-state index contributed by atoms with van der Waals surface area (Å²) in [6, 6.07) is 15.9. The fourth-order valence-corrected chi connectivity index (χ4v) is 3.60. The van der Waals surface area contributed by atoms with E-state index < -0.39 is 10.0 Å².